The Kier molecular flexibility index (Phi) is 4.72. The zero-order valence-corrected chi connectivity index (χ0v) is 14.9. The first-order chi connectivity index (χ1) is 12.2. The van der Waals surface area contributed by atoms with Crippen LogP contribution in [0.5, 0.6) is 0 Å². The second-order valence-corrected chi connectivity index (χ2v) is 7.00. The Morgan fingerprint density at radius 1 is 1.04 bits per heavy atom. The molecule has 3 aromatic rings. The fourth-order valence-corrected chi connectivity index (χ4v) is 3.05. The fraction of sp³-hybridized carbons (Fsp3) is 0.167. The molecule has 2 aromatic carbocycles. The van der Waals surface area contributed by atoms with Crippen LogP contribution in [0.2, 0.25) is 0 Å². The van der Waals surface area contributed by atoms with Crippen molar-refractivity contribution in [2.75, 3.05) is 0 Å². The van der Waals surface area contributed by atoms with Crippen molar-refractivity contribution in [2.24, 2.45) is 5.14 Å². The standard InChI is InChI=1S/C18H16F3N3OS/c1-11-3-4-12(2)15(9-11)16-10-17(18(19,20)21)23-24(16)13-5-7-14(8-6-13)26(22)25/h3-10H,22H2,1-2H3. The van der Waals surface area contributed by atoms with Gasteiger partial charge in [-0.15, -0.1) is 0 Å². The van der Waals surface area contributed by atoms with Crippen LogP contribution in [0.25, 0.3) is 16.9 Å². The summed E-state index contributed by atoms with van der Waals surface area (Å²) < 4.78 is 52.3. The number of aromatic nitrogens is 2. The molecule has 1 heterocycles. The van der Waals surface area contributed by atoms with Gasteiger partial charge in [0.1, 0.15) is 11.0 Å². The largest absolute Gasteiger partial charge is 0.435 e. The van der Waals surface area contributed by atoms with Crippen molar-refractivity contribution in [1.29, 1.82) is 0 Å². The summed E-state index contributed by atoms with van der Waals surface area (Å²) in [5.74, 6) is 0. The molecule has 0 aliphatic carbocycles. The van der Waals surface area contributed by atoms with Crippen molar-refractivity contribution < 1.29 is 17.4 Å². The number of hydrogen-bond donors (Lipinski definition) is 1. The number of benzene rings is 2. The molecule has 0 bridgehead atoms. The van der Waals surface area contributed by atoms with Crippen LogP contribution in [0.1, 0.15) is 16.8 Å². The van der Waals surface area contributed by atoms with Gasteiger partial charge in [-0.1, -0.05) is 17.7 Å². The second kappa shape index (κ2) is 6.69. The minimum atomic E-state index is -4.56. The SMILES string of the molecule is Cc1ccc(C)c(-c2cc(C(F)(F)F)nn2-c2ccc(S(N)=O)cc2)c1. The average Bonchev–Trinajstić information content (AvgIpc) is 3.02. The van der Waals surface area contributed by atoms with Crippen LogP contribution in [0.4, 0.5) is 13.2 Å². The van der Waals surface area contributed by atoms with E-state index in [1.165, 1.54) is 16.8 Å². The Labute approximate surface area is 151 Å². The maximum Gasteiger partial charge on any atom is 0.435 e. The molecule has 2 N–H and O–H groups in total. The third-order valence-electron chi connectivity index (χ3n) is 3.98. The molecule has 0 aliphatic rings. The fourth-order valence-electron chi connectivity index (χ4n) is 2.64. The van der Waals surface area contributed by atoms with Gasteiger partial charge < -0.3 is 0 Å². The smallest absolute Gasteiger partial charge is 0.248 e. The highest BCUT2D eigenvalue weighted by Gasteiger charge is 2.35. The molecule has 0 fully saturated rings. The van der Waals surface area contributed by atoms with Crippen LogP contribution < -0.4 is 5.14 Å². The van der Waals surface area contributed by atoms with E-state index in [4.69, 9.17) is 5.14 Å². The zero-order chi connectivity index (χ0) is 19.1. The first-order valence-corrected chi connectivity index (χ1v) is 8.89. The number of rotatable bonds is 3. The van der Waals surface area contributed by atoms with Crippen LogP contribution in [0.15, 0.2) is 53.4 Å². The van der Waals surface area contributed by atoms with E-state index in [-0.39, 0.29) is 0 Å². The number of aryl methyl sites for hydroxylation is 2. The molecule has 3 rings (SSSR count). The monoisotopic (exact) mass is 379 g/mol. The summed E-state index contributed by atoms with van der Waals surface area (Å²) in [5, 5.41) is 9.08. The molecule has 0 aliphatic heterocycles. The van der Waals surface area contributed by atoms with Gasteiger partial charge in [-0.3, -0.25) is 0 Å². The van der Waals surface area contributed by atoms with Crippen molar-refractivity contribution in [1.82, 2.24) is 9.78 Å². The number of alkyl halides is 3. The maximum atomic E-state index is 13.2. The van der Waals surface area contributed by atoms with E-state index < -0.39 is 22.9 Å². The summed E-state index contributed by atoms with van der Waals surface area (Å²) in [6.45, 7) is 3.71. The Bertz CT molecular complexity index is 978. The van der Waals surface area contributed by atoms with Gasteiger partial charge in [0.25, 0.3) is 0 Å². The van der Waals surface area contributed by atoms with Crippen molar-refractivity contribution >= 4 is 11.0 Å². The number of nitrogens with zero attached hydrogens (tertiary/aromatic N) is 2. The summed E-state index contributed by atoms with van der Waals surface area (Å²) in [6.07, 6.45) is -4.56. The quantitative estimate of drug-likeness (QED) is 0.743. The first-order valence-electron chi connectivity index (χ1n) is 7.68. The lowest BCUT2D eigenvalue weighted by Crippen LogP contribution is -2.08. The molecule has 26 heavy (non-hydrogen) atoms. The minimum Gasteiger partial charge on any atom is -0.248 e. The van der Waals surface area contributed by atoms with E-state index in [1.54, 1.807) is 12.1 Å². The van der Waals surface area contributed by atoms with E-state index in [0.29, 0.717) is 21.8 Å². The topological polar surface area (TPSA) is 60.9 Å². The lowest BCUT2D eigenvalue weighted by molar-refractivity contribution is -0.141. The second-order valence-electron chi connectivity index (χ2n) is 5.93. The zero-order valence-electron chi connectivity index (χ0n) is 14.0. The first kappa shape index (κ1) is 18.3. The molecule has 0 saturated carbocycles. The van der Waals surface area contributed by atoms with Gasteiger partial charge >= 0.3 is 6.18 Å². The van der Waals surface area contributed by atoms with E-state index in [0.717, 1.165) is 17.2 Å². The molecular weight excluding hydrogens is 363 g/mol. The maximum absolute atomic E-state index is 13.2. The van der Waals surface area contributed by atoms with E-state index in [1.807, 2.05) is 32.0 Å². The van der Waals surface area contributed by atoms with E-state index in [2.05, 4.69) is 5.10 Å². The summed E-state index contributed by atoms with van der Waals surface area (Å²) >= 11 is 0. The predicted molar refractivity (Wildman–Crippen MR) is 94.1 cm³/mol. The third-order valence-corrected chi connectivity index (χ3v) is 4.72. The van der Waals surface area contributed by atoms with Gasteiger partial charge in [0.2, 0.25) is 0 Å². The third kappa shape index (κ3) is 3.56. The molecule has 0 saturated heterocycles. The molecule has 1 unspecified atom stereocenters. The van der Waals surface area contributed by atoms with E-state index in [9.17, 15) is 17.4 Å². The van der Waals surface area contributed by atoms with Crippen molar-refractivity contribution in [3.63, 3.8) is 0 Å². The number of halogens is 3. The lowest BCUT2D eigenvalue weighted by Gasteiger charge is -2.11. The number of hydrogen-bond acceptors (Lipinski definition) is 2. The van der Waals surface area contributed by atoms with Gasteiger partial charge in [0.15, 0.2) is 5.69 Å². The Morgan fingerprint density at radius 3 is 2.27 bits per heavy atom. The summed E-state index contributed by atoms with van der Waals surface area (Å²) in [4.78, 5) is 0.380. The lowest BCUT2D eigenvalue weighted by atomic mass is 10.0. The predicted octanol–water partition coefficient (Wildman–Crippen LogP) is 4.16. The van der Waals surface area contributed by atoms with Gasteiger partial charge in [-0.05, 0) is 55.8 Å². The molecule has 0 radical (unpaired) electrons. The molecule has 1 atom stereocenters. The Hall–Kier alpha value is -2.45. The highest BCUT2D eigenvalue weighted by Crippen LogP contribution is 2.34. The summed E-state index contributed by atoms with van der Waals surface area (Å²) in [6, 6.07) is 12.7. The Balaban J connectivity index is 2.22. The molecule has 136 valence electrons. The average molecular weight is 379 g/mol. The van der Waals surface area contributed by atoms with Gasteiger partial charge in [-0.2, -0.15) is 18.3 Å². The molecule has 4 nitrogen and oxygen atoms in total. The van der Waals surface area contributed by atoms with Crippen LogP contribution >= 0.6 is 0 Å². The highest BCUT2D eigenvalue weighted by molar-refractivity contribution is 7.82. The van der Waals surface area contributed by atoms with Gasteiger partial charge in [-0.25, -0.2) is 14.0 Å². The van der Waals surface area contributed by atoms with E-state index >= 15 is 0 Å². The summed E-state index contributed by atoms with van der Waals surface area (Å²) in [7, 11) is -1.66. The van der Waals surface area contributed by atoms with Gasteiger partial charge in [0, 0.05) is 5.56 Å². The van der Waals surface area contributed by atoms with Crippen LogP contribution in [0.3, 0.4) is 0 Å². The van der Waals surface area contributed by atoms with Crippen LogP contribution in [0, 0.1) is 13.8 Å². The molecular formula is C18H16F3N3OS. The minimum absolute atomic E-state index is 0.333. The van der Waals surface area contributed by atoms with Crippen molar-refractivity contribution in [3.8, 4) is 16.9 Å². The van der Waals surface area contributed by atoms with Crippen molar-refractivity contribution in [3.05, 3.63) is 65.4 Å². The molecule has 0 spiro atoms. The number of nitrogens with two attached hydrogens (primary N) is 1. The summed E-state index contributed by atoms with van der Waals surface area (Å²) in [5.41, 5.74) is 2.22. The Morgan fingerprint density at radius 2 is 1.69 bits per heavy atom. The molecule has 1 aromatic heterocycles. The van der Waals surface area contributed by atoms with Crippen LogP contribution in [-0.2, 0) is 17.2 Å². The highest BCUT2D eigenvalue weighted by atomic mass is 32.2. The molecule has 0 amide bonds. The molecule has 8 heteroatoms. The van der Waals surface area contributed by atoms with Crippen LogP contribution in [-0.4, -0.2) is 14.0 Å². The van der Waals surface area contributed by atoms with Crippen molar-refractivity contribution in [2.45, 2.75) is 24.9 Å². The van der Waals surface area contributed by atoms with Gasteiger partial charge in [0.05, 0.1) is 16.3 Å². The normalized spacial score (nSPS) is 13.0.